The van der Waals surface area contributed by atoms with Crippen LogP contribution in [0.15, 0.2) is 71.4 Å². The summed E-state index contributed by atoms with van der Waals surface area (Å²) in [6, 6.07) is 17.8. The molecule has 2 heterocycles. The van der Waals surface area contributed by atoms with Crippen LogP contribution in [0.4, 0.5) is 5.82 Å². The summed E-state index contributed by atoms with van der Waals surface area (Å²) in [4.78, 5) is 24.7. The highest BCUT2D eigenvalue weighted by atomic mass is 16.5. The summed E-state index contributed by atoms with van der Waals surface area (Å²) >= 11 is 0. The molecule has 0 unspecified atom stereocenters. The Labute approximate surface area is 153 Å². The summed E-state index contributed by atoms with van der Waals surface area (Å²) in [7, 11) is 0. The lowest BCUT2D eigenvalue weighted by Crippen LogP contribution is -2.10. The van der Waals surface area contributed by atoms with Crippen molar-refractivity contribution in [2.45, 2.75) is 0 Å². The predicted molar refractivity (Wildman–Crippen MR) is 96.6 cm³/mol. The van der Waals surface area contributed by atoms with E-state index in [2.05, 4.69) is 20.1 Å². The number of anilines is 1. The second-order valence-corrected chi connectivity index (χ2v) is 5.49. The highest BCUT2D eigenvalue weighted by molar-refractivity contribution is 5.90. The molecule has 0 spiro atoms. The number of hydrogen-bond acceptors (Lipinski definition) is 8. The molecule has 132 valence electrons. The number of carbonyl (C=O) groups is 1. The maximum absolute atomic E-state index is 12.2. The molecule has 2 aromatic carbocycles. The van der Waals surface area contributed by atoms with Crippen molar-refractivity contribution in [3.8, 4) is 28.9 Å². The van der Waals surface area contributed by atoms with Crippen molar-refractivity contribution >= 4 is 11.8 Å². The third-order valence-corrected chi connectivity index (χ3v) is 3.64. The van der Waals surface area contributed by atoms with E-state index in [4.69, 9.17) is 15.0 Å². The lowest BCUT2D eigenvalue weighted by molar-refractivity contribution is 0.0727. The molecule has 0 aliphatic carbocycles. The average molecular weight is 359 g/mol. The number of benzene rings is 2. The number of carbonyl (C=O) groups excluding carboxylic acids is 1. The fraction of sp³-hybridized carbons (Fsp3) is 0. The van der Waals surface area contributed by atoms with Gasteiger partial charge in [0.2, 0.25) is 11.7 Å². The van der Waals surface area contributed by atoms with E-state index >= 15 is 0 Å². The lowest BCUT2D eigenvalue weighted by Gasteiger charge is -2.05. The van der Waals surface area contributed by atoms with Gasteiger partial charge >= 0.3 is 5.97 Å². The quantitative estimate of drug-likeness (QED) is 0.553. The average Bonchev–Trinajstić information content (AvgIpc) is 3.21. The molecular formula is C19H13N5O3. The number of nitrogens with two attached hydrogens (primary N) is 1. The molecule has 2 aromatic heterocycles. The normalized spacial score (nSPS) is 10.5. The highest BCUT2D eigenvalue weighted by Gasteiger charge is 2.18. The zero-order valence-electron chi connectivity index (χ0n) is 13.9. The van der Waals surface area contributed by atoms with Gasteiger partial charge in [0.05, 0.1) is 11.8 Å². The third kappa shape index (κ3) is 3.49. The minimum Gasteiger partial charge on any atom is -0.402 e. The Bertz CT molecular complexity index is 1080. The van der Waals surface area contributed by atoms with Gasteiger partial charge in [0.1, 0.15) is 0 Å². The van der Waals surface area contributed by atoms with Crippen LogP contribution in [0.3, 0.4) is 0 Å². The van der Waals surface area contributed by atoms with E-state index in [1.54, 1.807) is 30.3 Å². The summed E-state index contributed by atoms with van der Waals surface area (Å²) in [5.41, 5.74) is 7.19. The molecule has 8 nitrogen and oxygen atoms in total. The summed E-state index contributed by atoms with van der Waals surface area (Å²) in [5, 5.41) is 3.89. The van der Waals surface area contributed by atoms with Crippen LogP contribution < -0.4 is 10.5 Å². The van der Waals surface area contributed by atoms with Crippen LogP contribution in [0.2, 0.25) is 0 Å². The standard InChI is InChI=1S/C19H13N5O3/c20-16-15(17-23-18(27-24-17)12-7-3-1-4-8-12)22-14(11-21-16)26-19(25)13-9-5-2-6-10-13/h1-11H,(H2,20,21). The molecule has 2 N–H and O–H groups in total. The van der Waals surface area contributed by atoms with Crippen molar-refractivity contribution in [1.82, 2.24) is 20.1 Å². The van der Waals surface area contributed by atoms with Crippen molar-refractivity contribution in [3.63, 3.8) is 0 Å². The van der Waals surface area contributed by atoms with Gasteiger partial charge in [0.25, 0.3) is 5.89 Å². The number of nitrogen functional groups attached to an aromatic ring is 1. The van der Waals surface area contributed by atoms with Crippen molar-refractivity contribution < 1.29 is 14.1 Å². The zero-order chi connectivity index (χ0) is 18.6. The van der Waals surface area contributed by atoms with Gasteiger partial charge in [-0.3, -0.25) is 0 Å². The summed E-state index contributed by atoms with van der Waals surface area (Å²) in [5.74, 6) is -0.0114. The summed E-state index contributed by atoms with van der Waals surface area (Å²) < 4.78 is 10.5. The Hall–Kier alpha value is -4.07. The molecule has 27 heavy (non-hydrogen) atoms. The molecule has 8 heteroatoms. The summed E-state index contributed by atoms with van der Waals surface area (Å²) in [6.07, 6.45) is 1.26. The zero-order valence-corrected chi connectivity index (χ0v) is 13.9. The number of rotatable bonds is 4. The van der Waals surface area contributed by atoms with Gasteiger partial charge in [0, 0.05) is 5.56 Å². The van der Waals surface area contributed by atoms with E-state index in [-0.39, 0.29) is 23.2 Å². The van der Waals surface area contributed by atoms with Gasteiger partial charge in [-0.2, -0.15) is 4.98 Å². The van der Waals surface area contributed by atoms with Crippen molar-refractivity contribution in [2.75, 3.05) is 5.73 Å². The van der Waals surface area contributed by atoms with E-state index in [1.165, 1.54) is 6.20 Å². The maximum Gasteiger partial charge on any atom is 0.344 e. The Balaban J connectivity index is 1.62. The van der Waals surface area contributed by atoms with Crippen LogP contribution in [0.5, 0.6) is 5.88 Å². The van der Waals surface area contributed by atoms with Crippen LogP contribution >= 0.6 is 0 Å². The monoisotopic (exact) mass is 359 g/mol. The van der Waals surface area contributed by atoms with E-state index in [0.717, 1.165) is 5.56 Å². The number of nitrogens with zero attached hydrogens (tertiary/aromatic N) is 4. The van der Waals surface area contributed by atoms with Gasteiger partial charge < -0.3 is 15.0 Å². The first-order chi connectivity index (χ1) is 13.2. The molecule has 0 amide bonds. The van der Waals surface area contributed by atoms with Gasteiger partial charge in [-0.15, -0.1) is 0 Å². The van der Waals surface area contributed by atoms with Crippen molar-refractivity contribution in [3.05, 3.63) is 72.4 Å². The number of ether oxygens (including phenoxy) is 1. The van der Waals surface area contributed by atoms with Crippen LogP contribution in [-0.2, 0) is 0 Å². The molecule has 0 radical (unpaired) electrons. The molecule has 0 aliphatic rings. The smallest absolute Gasteiger partial charge is 0.344 e. The van der Waals surface area contributed by atoms with Crippen molar-refractivity contribution in [1.29, 1.82) is 0 Å². The van der Waals surface area contributed by atoms with Crippen molar-refractivity contribution in [2.24, 2.45) is 0 Å². The Morgan fingerprint density at radius 3 is 2.41 bits per heavy atom. The van der Waals surface area contributed by atoms with Gasteiger partial charge in [-0.05, 0) is 24.3 Å². The van der Waals surface area contributed by atoms with E-state index in [1.807, 2.05) is 30.3 Å². The largest absolute Gasteiger partial charge is 0.402 e. The SMILES string of the molecule is Nc1ncc(OC(=O)c2ccccc2)nc1-c1noc(-c2ccccc2)n1. The lowest BCUT2D eigenvalue weighted by atomic mass is 10.2. The second-order valence-electron chi connectivity index (χ2n) is 5.49. The minimum atomic E-state index is -0.557. The van der Waals surface area contributed by atoms with Gasteiger partial charge in [0.15, 0.2) is 11.5 Å². The third-order valence-electron chi connectivity index (χ3n) is 3.64. The van der Waals surface area contributed by atoms with E-state index in [0.29, 0.717) is 11.5 Å². The van der Waals surface area contributed by atoms with Gasteiger partial charge in [-0.25, -0.2) is 14.8 Å². The molecule has 0 fully saturated rings. The molecule has 0 bridgehead atoms. The molecule has 4 rings (SSSR count). The van der Waals surface area contributed by atoms with Crippen LogP contribution in [-0.4, -0.2) is 26.1 Å². The summed E-state index contributed by atoms with van der Waals surface area (Å²) in [6.45, 7) is 0. The first-order valence-corrected chi connectivity index (χ1v) is 8.00. The molecule has 0 saturated carbocycles. The Morgan fingerprint density at radius 1 is 0.963 bits per heavy atom. The van der Waals surface area contributed by atoms with Gasteiger partial charge in [-0.1, -0.05) is 41.6 Å². The molecule has 0 aliphatic heterocycles. The van der Waals surface area contributed by atoms with Crippen LogP contribution in [0.1, 0.15) is 10.4 Å². The molecule has 0 saturated heterocycles. The molecule has 4 aromatic rings. The maximum atomic E-state index is 12.2. The fourth-order valence-corrected chi connectivity index (χ4v) is 2.34. The predicted octanol–water partition coefficient (Wildman–Crippen LogP) is 3.00. The minimum absolute atomic E-state index is 0.0147. The van der Waals surface area contributed by atoms with E-state index in [9.17, 15) is 4.79 Å². The molecular weight excluding hydrogens is 346 g/mol. The fourth-order valence-electron chi connectivity index (χ4n) is 2.34. The van der Waals surface area contributed by atoms with E-state index < -0.39 is 5.97 Å². The highest BCUT2D eigenvalue weighted by Crippen LogP contribution is 2.25. The molecule has 0 atom stereocenters. The Morgan fingerprint density at radius 2 is 1.67 bits per heavy atom. The number of aromatic nitrogens is 4. The topological polar surface area (TPSA) is 117 Å². The Kier molecular flexibility index (Phi) is 4.28. The second kappa shape index (κ2) is 7.04. The van der Waals surface area contributed by atoms with Crippen LogP contribution in [0.25, 0.3) is 23.0 Å². The first-order valence-electron chi connectivity index (χ1n) is 8.00. The first kappa shape index (κ1) is 16.4. The number of hydrogen-bond donors (Lipinski definition) is 1. The van der Waals surface area contributed by atoms with Crippen LogP contribution in [0, 0.1) is 0 Å². The number of esters is 1.